The normalized spacial score (nSPS) is 14.1. The Labute approximate surface area is 173 Å². The summed E-state index contributed by atoms with van der Waals surface area (Å²) in [7, 11) is 0. The van der Waals surface area contributed by atoms with Crippen LogP contribution in [0.15, 0.2) is 53.9 Å². The molecule has 0 atom stereocenters. The molecule has 2 heterocycles. The lowest BCUT2D eigenvalue weighted by molar-refractivity contribution is 0.0746. The number of benzene rings is 2. The smallest absolute Gasteiger partial charge is 0.253 e. The van der Waals surface area contributed by atoms with Crippen molar-refractivity contribution >= 4 is 22.9 Å². The largest absolute Gasteiger partial charge is 0.487 e. The second-order valence-corrected chi connectivity index (χ2v) is 7.96. The zero-order valence-electron chi connectivity index (χ0n) is 16.2. The highest BCUT2D eigenvalue weighted by Crippen LogP contribution is 2.21. The van der Waals surface area contributed by atoms with E-state index in [1.54, 1.807) is 35.6 Å². The number of carbonyl (C=O) groups excluding carboxylic acids is 1. The third kappa shape index (κ3) is 4.56. The van der Waals surface area contributed by atoms with Crippen LogP contribution < -0.4 is 9.64 Å². The zero-order valence-corrected chi connectivity index (χ0v) is 17.0. The average Bonchev–Trinajstić information content (AvgIpc) is 3.18. The number of aryl methyl sites for hydroxylation is 1. The highest BCUT2D eigenvalue weighted by Gasteiger charge is 2.23. The van der Waals surface area contributed by atoms with Crippen LogP contribution in [0.25, 0.3) is 0 Å². The molecule has 1 aliphatic heterocycles. The number of carbonyl (C=O) groups is 1. The first kappa shape index (κ1) is 19.4. The Balaban J connectivity index is 1.32. The molecule has 1 amide bonds. The number of ether oxygens (including phenoxy) is 1. The van der Waals surface area contributed by atoms with Crippen LogP contribution in [0.5, 0.6) is 5.75 Å². The number of rotatable bonds is 5. The number of aromatic nitrogens is 1. The molecule has 29 heavy (non-hydrogen) atoms. The molecule has 7 heteroatoms. The van der Waals surface area contributed by atoms with Crippen molar-refractivity contribution in [3.63, 3.8) is 0 Å². The Hall–Kier alpha value is -2.93. The molecule has 4 rings (SSSR count). The first-order valence-corrected chi connectivity index (χ1v) is 10.4. The number of anilines is 1. The Kier molecular flexibility index (Phi) is 5.76. The van der Waals surface area contributed by atoms with Crippen LogP contribution in [-0.4, -0.2) is 42.0 Å². The quantitative estimate of drug-likeness (QED) is 0.633. The Morgan fingerprint density at radius 1 is 1.10 bits per heavy atom. The molecule has 1 saturated heterocycles. The summed E-state index contributed by atoms with van der Waals surface area (Å²) >= 11 is 1.60. The standard InChI is InChI=1S/C22H22FN3O2S/c1-16-24-18(15-29-16)14-28-19-8-6-17(7-9-19)22(27)26-12-10-25(11-13-26)21-5-3-2-4-20(21)23/h2-9,15H,10-14H2,1H3. The molecule has 2 aromatic carbocycles. The Morgan fingerprint density at radius 2 is 1.83 bits per heavy atom. The van der Waals surface area contributed by atoms with Crippen molar-refractivity contribution in [2.24, 2.45) is 0 Å². The van der Waals surface area contributed by atoms with E-state index in [1.165, 1.54) is 6.07 Å². The SMILES string of the molecule is Cc1nc(COc2ccc(C(=O)N3CCN(c4ccccc4F)CC3)cc2)cs1. The van der Waals surface area contributed by atoms with Crippen molar-refractivity contribution in [1.82, 2.24) is 9.88 Å². The van der Waals surface area contributed by atoms with Gasteiger partial charge >= 0.3 is 0 Å². The van der Waals surface area contributed by atoms with Crippen LogP contribution >= 0.6 is 11.3 Å². The van der Waals surface area contributed by atoms with Crippen molar-refractivity contribution in [1.29, 1.82) is 0 Å². The van der Waals surface area contributed by atoms with Gasteiger partial charge in [-0.3, -0.25) is 4.79 Å². The lowest BCUT2D eigenvalue weighted by Crippen LogP contribution is -2.49. The molecular formula is C22H22FN3O2S. The highest BCUT2D eigenvalue weighted by atomic mass is 32.1. The van der Waals surface area contributed by atoms with Crippen LogP contribution in [-0.2, 0) is 6.61 Å². The molecule has 0 bridgehead atoms. The number of nitrogens with zero attached hydrogens (tertiary/aromatic N) is 3. The van der Waals surface area contributed by atoms with Crippen LogP contribution in [0.3, 0.4) is 0 Å². The lowest BCUT2D eigenvalue weighted by atomic mass is 10.1. The van der Waals surface area contributed by atoms with E-state index in [-0.39, 0.29) is 11.7 Å². The van der Waals surface area contributed by atoms with E-state index in [2.05, 4.69) is 4.98 Å². The maximum Gasteiger partial charge on any atom is 0.253 e. The van der Waals surface area contributed by atoms with Gasteiger partial charge in [-0.25, -0.2) is 9.37 Å². The Morgan fingerprint density at radius 3 is 2.48 bits per heavy atom. The maximum absolute atomic E-state index is 14.0. The molecule has 1 aliphatic rings. The molecule has 1 aromatic heterocycles. The summed E-state index contributed by atoms with van der Waals surface area (Å²) in [6.45, 7) is 4.73. The molecule has 0 saturated carbocycles. The van der Waals surface area contributed by atoms with Crippen molar-refractivity contribution in [3.05, 3.63) is 76.0 Å². The van der Waals surface area contributed by atoms with Gasteiger partial charge in [0.15, 0.2) is 0 Å². The lowest BCUT2D eigenvalue weighted by Gasteiger charge is -2.36. The average molecular weight is 412 g/mol. The fourth-order valence-corrected chi connectivity index (χ4v) is 3.96. The van der Waals surface area contributed by atoms with E-state index < -0.39 is 0 Å². The number of amides is 1. The third-order valence-electron chi connectivity index (χ3n) is 4.91. The van der Waals surface area contributed by atoms with Crippen molar-refractivity contribution in [2.75, 3.05) is 31.1 Å². The summed E-state index contributed by atoms with van der Waals surface area (Å²) in [5.41, 5.74) is 2.12. The van der Waals surface area contributed by atoms with Crippen LogP contribution in [0, 0.1) is 12.7 Å². The minimum atomic E-state index is -0.226. The summed E-state index contributed by atoms with van der Waals surface area (Å²) < 4.78 is 19.7. The molecule has 0 aliphatic carbocycles. The van der Waals surface area contributed by atoms with Gasteiger partial charge in [-0.1, -0.05) is 12.1 Å². The molecule has 1 fully saturated rings. The van der Waals surface area contributed by atoms with E-state index in [4.69, 9.17) is 4.74 Å². The Bertz CT molecular complexity index is 982. The molecule has 3 aromatic rings. The first-order chi connectivity index (χ1) is 14.1. The van der Waals surface area contributed by atoms with E-state index in [1.807, 2.05) is 40.3 Å². The monoisotopic (exact) mass is 411 g/mol. The minimum Gasteiger partial charge on any atom is -0.487 e. The summed E-state index contributed by atoms with van der Waals surface area (Å²) in [6, 6.07) is 13.9. The third-order valence-corrected chi connectivity index (χ3v) is 5.74. The summed E-state index contributed by atoms with van der Waals surface area (Å²) in [5, 5.41) is 2.99. The van der Waals surface area contributed by atoms with Gasteiger partial charge in [0.2, 0.25) is 0 Å². The van der Waals surface area contributed by atoms with Gasteiger partial charge < -0.3 is 14.5 Å². The summed E-state index contributed by atoms with van der Waals surface area (Å²) in [5.74, 6) is 0.465. The number of halogens is 1. The highest BCUT2D eigenvalue weighted by molar-refractivity contribution is 7.09. The van der Waals surface area contributed by atoms with Gasteiger partial charge in [-0.15, -0.1) is 11.3 Å². The van der Waals surface area contributed by atoms with Gasteiger partial charge in [-0.2, -0.15) is 0 Å². The predicted octanol–water partition coefficient (Wildman–Crippen LogP) is 4.13. The van der Waals surface area contributed by atoms with E-state index in [0.717, 1.165) is 10.7 Å². The second kappa shape index (κ2) is 8.61. The number of thiazole rings is 1. The van der Waals surface area contributed by atoms with Gasteiger partial charge in [0, 0.05) is 37.1 Å². The van der Waals surface area contributed by atoms with Crippen molar-refractivity contribution in [3.8, 4) is 5.75 Å². The zero-order chi connectivity index (χ0) is 20.2. The molecular weight excluding hydrogens is 389 g/mol. The molecule has 0 radical (unpaired) electrons. The van der Waals surface area contributed by atoms with Gasteiger partial charge in [0.25, 0.3) is 5.91 Å². The molecule has 150 valence electrons. The van der Waals surface area contributed by atoms with Crippen LogP contribution in [0.2, 0.25) is 0 Å². The second-order valence-electron chi connectivity index (χ2n) is 6.90. The minimum absolute atomic E-state index is 0.0140. The summed E-state index contributed by atoms with van der Waals surface area (Å²) in [6.07, 6.45) is 0. The number of hydrogen-bond donors (Lipinski definition) is 0. The van der Waals surface area contributed by atoms with Crippen LogP contribution in [0.4, 0.5) is 10.1 Å². The number of piperazine rings is 1. The fraction of sp³-hybridized carbons (Fsp3) is 0.273. The van der Waals surface area contributed by atoms with Crippen molar-refractivity contribution in [2.45, 2.75) is 13.5 Å². The van der Waals surface area contributed by atoms with Gasteiger partial charge in [0.05, 0.1) is 16.4 Å². The van der Waals surface area contributed by atoms with Crippen LogP contribution in [0.1, 0.15) is 21.1 Å². The van der Waals surface area contributed by atoms with Gasteiger partial charge in [0.1, 0.15) is 18.2 Å². The maximum atomic E-state index is 14.0. The molecule has 0 spiro atoms. The van der Waals surface area contributed by atoms with Crippen molar-refractivity contribution < 1.29 is 13.9 Å². The van der Waals surface area contributed by atoms with Gasteiger partial charge in [-0.05, 0) is 43.3 Å². The molecule has 5 nitrogen and oxygen atoms in total. The number of hydrogen-bond acceptors (Lipinski definition) is 5. The molecule has 0 unspecified atom stereocenters. The van der Waals surface area contributed by atoms with E-state index in [0.29, 0.717) is 49.8 Å². The topological polar surface area (TPSA) is 45.7 Å². The predicted molar refractivity (Wildman–Crippen MR) is 112 cm³/mol. The number of para-hydroxylation sites is 1. The van der Waals surface area contributed by atoms with E-state index >= 15 is 0 Å². The van der Waals surface area contributed by atoms with E-state index in [9.17, 15) is 9.18 Å². The first-order valence-electron chi connectivity index (χ1n) is 9.53. The molecule has 0 N–H and O–H groups in total. The summed E-state index contributed by atoms with van der Waals surface area (Å²) in [4.78, 5) is 21.0. The fourth-order valence-electron chi connectivity index (χ4n) is 3.37.